The second kappa shape index (κ2) is 10.8. The van der Waals surface area contributed by atoms with Crippen LogP contribution in [0.4, 0.5) is 24.9 Å². The highest BCUT2D eigenvalue weighted by atomic mass is 19.4. The Hall–Kier alpha value is -3.28. The number of aryl methyl sites for hydroxylation is 1. The largest absolute Gasteiger partial charge is 0.421 e. The molecule has 0 radical (unpaired) electrons. The van der Waals surface area contributed by atoms with Crippen molar-refractivity contribution in [1.29, 1.82) is 0 Å². The maximum absolute atomic E-state index is 13.4. The fourth-order valence-electron chi connectivity index (χ4n) is 3.23. The molecule has 0 bridgehead atoms. The van der Waals surface area contributed by atoms with Crippen LogP contribution in [0.1, 0.15) is 29.3 Å². The second-order valence-electron chi connectivity index (χ2n) is 7.84. The smallest absolute Gasteiger partial charge is 0.394 e. The van der Waals surface area contributed by atoms with Gasteiger partial charge in [-0.1, -0.05) is 24.3 Å². The summed E-state index contributed by atoms with van der Waals surface area (Å²) in [6, 6.07) is 9.96. The molecule has 34 heavy (non-hydrogen) atoms. The van der Waals surface area contributed by atoms with Gasteiger partial charge in [0.15, 0.2) is 0 Å². The lowest BCUT2D eigenvalue weighted by Crippen LogP contribution is -2.36. The van der Waals surface area contributed by atoms with Crippen molar-refractivity contribution in [2.24, 2.45) is 0 Å². The number of hydrogen-bond acceptors (Lipinski definition) is 8. The molecule has 1 aromatic carbocycles. The van der Waals surface area contributed by atoms with Crippen LogP contribution in [-0.4, -0.2) is 49.0 Å². The highest BCUT2D eigenvalue weighted by Crippen LogP contribution is 2.34. The summed E-state index contributed by atoms with van der Waals surface area (Å²) in [5.74, 6) is -0.583. The molecule has 2 aromatic heterocycles. The summed E-state index contributed by atoms with van der Waals surface area (Å²) < 4.78 is 40.1. The Morgan fingerprint density at radius 1 is 1.03 bits per heavy atom. The van der Waals surface area contributed by atoms with Crippen LogP contribution in [0.2, 0.25) is 0 Å². The number of hydrogen-bond donors (Lipinski definition) is 5. The molecule has 2 heterocycles. The van der Waals surface area contributed by atoms with Gasteiger partial charge in [-0.25, -0.2) is 4.98 Å². The number of pyridine rings is 1. The molecule has 0 spiro atoms. The molecule has 2 atom stereocenters. The average molecular weight is 477 g/mol. The lowest BCUT2D eigenvalue weighted by atomic mass is 10.1. The van der Waals surface area contributed by atoms with E-state index in [4.69, 9.17) is 0 Å². The number of rotatable bonds is 9. The number of benzene rings is 1. The summed E-state index contributed by atoms with van der Waals surface area (Å²) >= 11 is 0. The van der Waals surface area contributed by atoms with Crippen LogP contribution in [0.15, 0.2) is 42.6 Å². The lowest BCUT2D eigenvalue weighted by Gasteiger charge is -2.22. The molecule has 11 heteroatoms. The fraction of sp³-hybridized carbons (Fsp3) is 0.348. The van der Waals surface area contributed by atoms with Crippen molar-refractivity contribution in [2.75, 3.05) is 17.2 Å². The van der Waals surface area contributed by atoms with Gasteiger partial charge in [0, 0.05) is 24.0 Å². The lowest BCUT2D eigenvalue weighted by molar-refractivity contribution is -0.137. The van der Waals surface area contributed by atoms with Gasteiger partial charge in [-0.05, 0) is 37.1 Å². The van der Waals surface area contributed by atoms with Crippen LogP contribution < -0.4 is 10.6 Å². The zero-order chi connectivity index (χ0) is 24.9. The van der Waals surface area contributed by atoms with E-state index in [2.05, 4.69) is 25.6 Å². The van der Waals surface area contributed by atoms with Crippen molar-refractivity contribution < 1.29 is 28.5 Å². The van der Waals surface area contributed by atoms with E-state index in [0.29, 0.717) is 6.20 Å². The first-order chi connectivity index (χ1) is 16.1. The molecule has 0 aliphatic carbocycles. The standard InChI is InChI=1S/C23H26F3N5O3/c1-13-7-16(11-32)8-19(29-13)17-5-3-15(4-6-17)9-27-22-28-10-18(23(24,25)26)21(31-22)30-20(12-33)14(2)34/h3-8,10,14,20,32-34H,9,11-12H2,1-2H3,(H2,27,28,30,31)/t14-,20-/m1/s1. The van der Waals surface area contributed by atoms with E-state index >= 15 is 0 Å². The highest BCUT2D eigenvalue weighted by molar-refractivity contribution is 5.60. The molecular weight excluding hydrogens is 451 g/mol. The number of aliphatic hydroxyl groups is 3. The molecule has 3 aromatic rings. The number of alkyl halides is 3. The van der Waals surface area contributed by atoms with Crippen LogP contribution >= 0.6 is 0 Å². The van der Waals surface area contributed by atoms with Crippen LogP contribution in [-0.2, 0) is 19.3 Å². The first kappa shape index (κ1) is 25.3. The van der Waals surface area contributed by atoms with E-state index in [1.807, 2.05) is 31.2 Å². The van der Waals surface area contributed by atoms with Gasteiger partial charge >= 0.3 is 6.18 Å². The first-order valence-electron chi connectivity index (χ1n) is 10.5. The van der Waals surface area contributed by atoms with Crippen molar-refractivity contribution >= 4 is 11.8 Å². The summed E-state index contributed by atoms with van der Waals surface area (Å²) in [4.78, 5) is 12.1. The number of anilines is 2. The molecular formula is C23H26F3N5O3. The highest BCUT2D eigenvalue weighted by Gasteiger charge is 2.36. The van der Waals surface area contributed by atoms with E-state index in [-0.39, 0.29) is 19.1 Å². The third-order valence-corrected chi connectivity index (χ3v) is 5.09. The molecule has 5 N–H and O–H groups in total. The normalized spacial score (nSPS) is 13.4. The van der Waals surface area contributed by atoms with E-state index in [1.165, 1.54) is 6.92 Å². The molecule has 8 nitrogen and oxygen atoms in total. The van der Waals surface area contributed by atoms with Gasteiger partial charge in [-0.15, -0.1) is 0 Å². The van der Waals surface area contributed by atoms with Gasteiger partial charge in [0.2, 0.25) is 5.95 Å². The Labute approximate surface area is 194 Å². The molecule has 0 unspecified atom stereocenters. The minimum Gasteiger partial charge on any atom is -0.394 e. The van der Waals surface area contributed by atoms with Gasteiger partial charge in [0.05, 0.1) is 31.1 Å². The summed E-state index contributed by atoms with van der Waals surface area (Å²) in [6.07, 6.45) is -5.17. The molecule has 0 saturated carbocycles. The average Bonchev–Trinajstić information content (AvgIpc) is 2.80. The van der Waals surface area contributed by atoms with Crippen molar-refractivity contribution in [3.05, 3.63) is 65.0 Å². The van der Waals surface area contributed by atoms with Crippen molar-refractivity contribution in [3.63, 3.8) is 0 Å². The minimum absolute atomic E-state index is 0.0465. The zero-order valence-electron chi connectivity index (χ0n) is 18.6. The molecule has 3 rings (SSSR count). The van der Waals surface area contributed by atoms with E-state index in [0.717, 1.165) is 28.1 Å². The number of aromatic nitrogens is 3. The van der Waals surface area contributed by atoms with Crippen molar-refractivity contribution in [2.45, 2.75) is 45.3 Å². The minimum atomic E-state index is -4.71. The SMILES string of the molecule is Cc1cc(CO)cc(-c2ccc(CNc3ncc(C(F)(F)F)c(N[C@H](CO)[C@@H](C)O)n3)cc2)n1. The number of halogens is 3. The summed E-state index contributed by atoms with van der Waals surface area (Å²) in [5.41, 5.74) is 2.85. The molecule has 0 saturated heterocycles. The predicted octanol–water partition coefficient (Wildman–Crippen LogP) is 3.12. The van der Waals surface area contributed by atoms with E-state index < -0.39 is 36.3 Å². The van der Waals surface area contributed by atoms with Crippen LogP contribution in [0, 0.1) is 6.92 Å². The Bertz CT molecular complexity index is 1110. The number of nitrogens with one attached hydrogen (secondary N) is 2. The van der Waals surface area contributed by atoms with Gasteiger partial charge < -0.3 is 26.0 Å². The number of aliphatic hydroxyl groups excluding tert-OH is 3. The van der Waals surface area contributed by atoms with Crippen LogP contribution in [0.5, 0.6) is 0 Å². The topological polar surface area (TPSA) is 123 Å². The van der Waals surface area contributed by atoms with Crippen molar-refractivity contribution in [3.8, 4) is 11.3 Å². The third-order valence-electron chi connectivity index (χ3n) is 5.09. The van der Waals surface area contributed by atoms with Crippen LogP contribution in [0.3, 0.4) is 0 Å². The maximum Gasteiger partial charge on any atom is 0.421 e. The Morgan fingerprint density at radius 2 is 1.74 bits per heavy atom. The van der Waals surface area contributed by atoms with E-state index in [9.17, 15) is 28.5 Å². The Balaban J connectivity index is 1.76. The second-order valence-corrected chi connectivity index (χ2v) is 7.84. The summed E-state index contributed by atoms with van der Waals surface area (Å²) in [6.45, 7) is 2.77. The predicted molar refractivity (Wildman–Crippen MR) is 121 cm³/mol. The Morgan fingerprint density at radius 3 is 2.32 bits per heavy atom. The molecule has 0 aliphatic heterocycles. The summed E-state index contributed by atoms with van der Waals surface area (Å²) in [7, 11) is 0. The molecule has 0 aliphatic rings. The van der Waals surface area contributed by atoms with Crippen LogP contribution in [0.25, 0.3) is 11.3 Å². The molecule has 0 amide bonds. The quantitative estimate of drug-likeness (QED) is 0.319. The third kappa shape index (κ3) is 6.40. The van der Waals surface area contributed by atoms with E-state index in [1.54, 1.807) is 12.1 Å². The Kier molecular flexibility index (Phi) is 8.02. The summed E-state index contributed by atoms with van der Waals surface area (Å²) in [5, 5.41) is 33.7. The fourth-order valence-corrected chi connectivity index (χ4v) is 3.23. The first-order valence-corrected chi connectivity index (χ1v) is 10.5. The van der Waals surface area contributed by atoms with Gasteiger partial charge in [0.1, 0.15) is 11.4 Å². The molecule has 182 valence electrons. The van der Waals surface area contributed by atoms with Gasteiger partial charge in [-0.2, -0.15) is 18.2 Å². The van der Waals surface area contributed by atoms with Crippen molar-refractivity contribution in [1.82, 2.24) is 15.0 Å². The monoisotopic (exact) mass is 477 g/mol. The van der Waals surface area contributed by atoms with Gasteiger partial charge in [0.25, 0.3) is 0 Å². The maximum atomic E-state index is 13.4. The number of nitrogens with zero attached hydrogens (tertiary/aromatic N) is 3. The van der Waals surface area contributed by atoms with Gasteiger partial charge in [-0.3, -0.25) is 4.98 Å². The zero-order valence-corrected chi connectivity index (χ0v) is 18.6. The molecule has 0 fully saturated rings.